The topological polar surface area (TPSA) is 36.9 Å². The van der Waals surface area contributed by atoms with Crippen LogP contribution in [0.25, 0.3) is 55.5 Å². The van der Waals surface area contributed by atoms with E-state index in [-0.39, 0.29) is 21.1 Å². The number of benzene rings is 5. The summed E-state index contributed by atoms with van der Waals surface area (Å²) in [6.45, 7) is 4.39. The standard InChI is InChI=1S/C39H29N4O.Pt/c1-27(2)41-26-42(37-18-9-8-17-36(37)41)30-13-10-14-31(24-30)44-32-19-20-34-33-15-6-7-16-35(33)43(38(34)25-32)39-23-29(21-22-40-39)28-11-4-3-5-12-28;/h3-23,26-27H,1-2H3;/q-1;. The Morgan fingerprint density at radius 1 is 0.667 bits per heavy atom. The molecule has 0 N–H and O–H groups in total. The van der Waals surface area contributed by atoms with Gasteiger partial charge in [-0.05, 0) is 60.7 Å². The average molecular weight is 765 g/mol. The molecule has 0 aliphatic rings. The molecular formula is C39H29N4OPt-. The number of para-hydroxylation sites is 3. The maximum atomic E-state index is 6.43. The van der Waals surface area contributed by atoms with Crippen LogP contribution in [0.15, 0.2) is 134 Å². The van der Waals surface area contributed by atoms with Gasteiger partial charge in [0.05, 0.1) is 6.04 Å². The maximum Gasteiger partial charge on any atom is 0.188 e. The van der Waals surface area contributed by atoms with Crippen LogP contribution in [0.2, 0.25) is 0 Å². The fourth-order valence-corrected chi connectivity index (χ4v) is 6.02. The fraction of sp³-hybridized carbons (Fsp3) is 0.0769. The second kappa shape index (κ2) is 11.8. The van der Waals surface area contributed by atoms with E-state index in [1.54, 1.807) is 0 Å². The van der Waals surface area contributed by atoms with Gasteiger partial charge in [0.25, 0.3) is 0 Å². The second-order valence-electron chi connectivity index (χ2n) is 11.2. The smallest absolute Gasteiger partial charge is 0.188 e. The molecule has 0 atom stereocenters. The number of pyridine rings is 1. The summed E-state index contributed by atoms with van der Waals surface area (Å²) >= 11 is 0. The zero-order valence-electron chi connectivity index (χ0n) is 24.8. The molecule has 0 saturated carbocycles. The molecule has 0 aliphatic heterocycles. The molecule has 0 bridgehead atoms. The van der Waals surface area contributed by atoms with Crippen molar-refractivity contribution in [1.29, 1.82) is 0 Å². The SMILES string of the molecule is CC(C)n1[cH+]n(-c2[c-]c(Oc3[c-]c4c(cc3)c3ccccc3n4-c3cc(-c4ccccc4)ccn3)ccc2)c2ccccc21.[Pt]. The third kappa shape index (κ3) is 5.13. The van der Waals surface area contributed by atoms with Gasteiger partial charge in [0.1, 0.15) is 5.82 Å². The Bertz CT molecular complexity index is 2300. The van der Waals surface area contributed by atoms with E-state index in [0.29, 0.717) is 17.5 Å². The largest absolute Gasteiger partial charge is 0.508 e. The first-order valence-electron chi connectivity index (χ1n) is 14.8. The second-order valence-corrected chi connectivity index (χ2v) is 11.2. The molecule has 0 radical (unpaired) electrons. The normalized spacial score (nSPS) is 11.4. The van der Waals surface area contributed by atoms with Crippen molar-refractivity contribution in [2.24, 2.45) is 0 Å². The van der Waals surface area contributed by atoms with E-state index in [1.807, 2.05) is 36.5 Å². The minimum Gasteiger partial charge on any atom is -0.508 e. The Labute approximate surface area is 276 Å². The van der Waals surface area contributed by atoms with E-state index in [2.05, 4.69) is 137 Å². The number of aromatic nitrogens is 4. The van der Waals surface area contributed by atoms with Crippen molar-refractivity contribution < 1.29 is 25.8 Å². The van der Waals surface area contributed by atoms with Crippen LogP contribution in [0.4, 0.5) is 0 Å². The number of hydrogen-bond acceptors (Lipinski definition) is 2. The van der Waals surface area contributed by atoms with E-state index in [1.165, 1.54) is 5.52 Å². The molecule has 0 unspecified atom stereocenters. The summed E-state index contributed by atoms with van der Waals surface area (Å²) in [5.74, 6) is 2.07. The van der Waals surface area contributed by atoms with E-state index >= 15 is 0 Å². The van der Waals surface area contributed by atoms with Crippen LogP contribution in [0.3, 0.4) is 0 Å². The molecule has 0 spiro atoms. The first kappa shape index (κ1) is 28.8. The van der Waals surface area contributed by atoms with Crippen molar-refractivity contribution >= 4 is 32.8 Å². The number of hydrogen-bond donors (Lipinski definition) is 0. The predicted octanol–water partition coefficient (Wildman–Crippen LogP) is 9.84. The first-order chi connectivity index (χ1) is 21.6. The van der Waals surface area contributed by atoms with E-state index in [9.17, 15) is 0 Å². The molecular weight excluding hydrogens is 736 g/mol. The van der Waals surface area contributed by atoms with Crippen molar-refractivity contribution in [2.75, 3.05) is 0 Å². The Morgan fingerprint density at radius 2 is 1.40 bits per heavy atom. The van der Waals surface area contributed by atoms with Crippen LogP contribution in [0.1, 0.15) is 19.9 Å². The number of fused-ring (bicyclic) bond motifs is 4. The molecule has 0 fully saturated rings. The molecule has 8 aromatic rings. The van der Waals surface area contributed by atoms with Gasteiger partial charge >= 0.3 is 0 Å². The van der Waals surface area contributed by atoms with Gasteiger partial charge in [-0.25, -0.2) is 14.1 Å². The fourth-order valence-electron chi connectivity index (χ4n) is 6.02. The molecule has 222 valence electrons. The summed E-state index contributed by atoms with van der Waals surface area (Å²) in [6.07, 6.45) is 4.01. The van der Waals surface area contributed by atoms with Crippen LogP contribution in [0, 0.1) is 12.1 Å². The summed E-state index contributed by atoms with van der Waals surface area (Å²) < 4.78 is 13.0. The molecule has 3 aromatic heterocycles. The third-order valence-electron chi connectivity index (χ3n) is 8.09. The van der Waals surface area contributed by atoms with Gasteiger partial charge in [-0.2, -0.15) is 12.1 Å². The van der Waals surface area contributed by atoms with Crippen LogP contribution in [0.5, 0.6) is 11.5 Å². The molecule has 8 rings (SSSR count). The van der Waals surface area contributed by atoms with Crippen molar-refractivity contribution in [3.8, 4) is 34.1 Å². The Morgan fingerprint density at radius 3 is 2.22 bits per heavy atom. The summed E-state index contributed by atoms with van der Waals surface area (Å²) in [5, 5.41) is 2.23. The molecule has 5 nitrogen and oxygen atoms in total. The molecule has 5 aromatic carbocycles. The zero-order chi connectivity index (χ0) is 29.6. The number of rotatable bonds is 6. The van der Waals surface area contributed by atoms with Gasteiger partial charge in [-0.3, -0.25) is 0 Å². The van der Waals surface area contributed by atoms with Crippen LogP contribution in [-0.2, 0) is 21.1 Å². The number of ether oxygens (including phenoxy) is 1. The van der Waals surface area contributed by atoms with Crippen LogP contribution in [-0.4, -0.2) is 18.7 Å². The summed E-state index contributed by atoms with van der Waals surface area (Å²) in [7, 11) is 0. The minimum absolute atomic E-state index is 0. The average Bonchev–Trinajstić information content (AvgIpc) is 3.62. The number of nitrogens with zero attached hydrogens (tertiary/aromatic N) is 4. The van der Waals surface area contributed by atoms with Gasteiger partial charge < -0.3 is 9.30 Å². The quantitative estimate of drug-likeness (QED) is 0.158. The Balaban J connectivity index is 0.00000325. The van der Waals surface area contributed by atoms with Gasteiger partial charge in [-0.15, -0.1) is 29.7 Å². The summed E-state index contributed by atoms with van der Waals surface area (Å²) in [6, 6.07) is 48.9. The number of imidazole rings is 1. The van der Waals surface area contributed by atoms with E-state index in [4.69, 9.17) is 9.72 Å². The van der Waals surface area contributed by atoms with Gasteiger partial charge in [0, 0.05) is 62.1 Å². The predicted molar refractivity (Wildman–Crippen MR) is 178 cm³/mol. The molecule has 45 heavy (non-hydrogen) atoms. The Hall–Kier alpha value is -4.99. The van der Waals surface area contributed by atoms with Crippen molar-refractivity contribution in [3.05, 3.63) is 146 Å². The van der Waals surface area contributed by atoms with Crippen LogP contribution >= 0.6 is 0 Å². The summed E-state index contributed by atoms with van der Waals surface area (Å²) in [5.41, 5.74) is 7.45. The van der Waals surface area contributed by atoms with E-state index in [0.717, 1.165) is 50.0 Å². The van der Waals surface area contributed by atoms with Crippen molar-refractivity contribution in [3.63, 3.8) is 0 Å². The molecule has 6 heteroatoms. The van der Waals surface area contributed by atoms with Gasteiger partial charge in [-0.1, -0.05) is 60.1 Å². The maximum absolute atomic E-state index is 6.43. The van der Waals surface area contributed by atoms with E-state index < -0.39 is 0 Å². The van der Waals surface area contributed by atoms with Crippen molar-refractivity contribution in [2.45, 2.75) is 19.9 Å². The van der Waals surface area contributed by atoms with Gasteiger partial charge in [0.2, 0.25) is 0 Å². The molecule has 0 saturated heterocycles. The molecule has 0 aliphatic carbocycles. The zero-order valence-corrected chi connectivity index (χ0v) is 27.1. The third-order valence-corrected chi connectivity index (χ3v) is 8.09. The Kier molecular flexibility index (Phi) is 7.56. The molecule has 0 amide bonds. The van der Waals surface area contributed by atoms with Crippen LogP contribution < -0.4 is 4.74 Å². The minimum atomic E-state index is 0. The summed E-state index contributed by atoms with van der Waals surface area (Å²) in [4.78, 5) is 4.80. The molecule has 3 heterocycles. The first-order valence-corrected chi connectivity index (χ1v) is 14.8. The van der Waals surface area contributed by atoms with Gasteiger partial charge in [0.15, 0.2) is 17.4 Å². The monoisotopic (exact) mass is 764 g/mol. The van der Waals surface area contributed by atoms with Crippen molar-refractivity contribution in [1.82, 2.24) is 18.7 Å².